The van der Waals surface area contributed by atoms with Crippen molar-refractivity contribution >= 4 is 23.3 Å². The fourth-order valence-corrected chi connectivity index (χ4v) is 3.84. The van der Waals surface area contributed by atoms with Crippen LogP contribution in [0.2, 0.25) is 0 Å². The number of rotatable bonds is 9. The average Bonchev–Trinajstić information content (AvgIpc) is 2.74. The Labute approximate surface area is 183 Å². The van der Waals surface area contributed by atoms with Crippen LogP contribution in [0.3, 0.4) is 0 Å². The average molecular weight is 429 g/mol. The summed E-state index contributed by atoms with van der Waals surface area (Å²) in [5.41, 5.74) is 1.63. The molecule has 1 fully saturated rings. The second-order valence-corrected chi connectivity index (χ2v) is 8.56. The molecule has 3 rings (SSSR count). The van der Waals surface area contributed by atoms with Crippen LogP contribution in [0.1, 0.15) is 51.5 Å². The maximum Gasteiger partial charge on any atom is 0.303 e. The molecule has 0 aromatic carbocycles. The smallest absolute Gasteiger partial charge is 0.303 e. The molecule has 8 nitrogen and oxygen atoms in total. The summed E-state index contributed by atoms with van der Waals surface area (Å²) in [6, 6.07) is 5.56. The number of nitrogens with one attached hydrogen (secondary N) is 1. The third-order valence-corrected chi connectivity index (χ3v) is 5.41. The number of aromatic nitrogens is 2. The van der Waals surface area contributed by atoms with Gasteiger partial charge < -0.3 is 25.2 Å². The molecule has 2 aromatic rings. The van der Waals surface area contributed by atoms with Crippen molar-refractivity contribution in [1.82, 2.24) is 9.97 Å². The van der Waals surface area contributed by atoms with Gasteiger partial charge in [-0.1, -0.05) is 20.8 Å². The highest BCUT2D eigenvalue weighted by Gasteiger charge is 2.26. The zero-order chi connectivity index (χ0) is 22.4. The van der Waals surface area contributed by atoms with E-state index in [2.05, 4.69) is 29.0 Å². The maximum atomic E-state index is 11.2. The van der Waals surface area contributed by atoms with E-state index in [0.29, 0.717) is 17.8 Å². The van der Waals surface area contributed by atoms with E-state index in [1.165, 1.54) is 6.20 Å². The Morgan fingerprint density at radius 3 is 2.58 bits per heavy atom. The first-order valence-electron chi connectivity index (χ1n) is 10.8. The molecule has 0 amide bonds. The fraction of sp³-hybridized carbons (Fsp3) is 0.522. The van der Waals surface area contributed by atoms with E-state index in [4.69, 9.17) is 9.72 Å². The van der Waals surface area contributed by atoms with Crippen LogP contribution >= 0.6 is 0 Å². The van der Waals surface area contributed by atoms with Crippen molar-refractivity contribution in [2.24, 2.45) is 5.92 Å². The predicted molar refractivity (Wildman–Crippen MR) is 120 cm³/mol. The Bertz CT molecular complexity index is 866. The van der Waals surface area contributed by atoms with Crippen LogP contribution < -0.4 is 10.2 Å². The van der Waals surface area contributed by atoms with Crippen molar-refractivity contribution in [1.29, 1.82) is 0 Å². The number of hydrogen-bond donors (Lipinski definition) is 3. The summed E-state index contributed by atoms with van der Waals surface area (Å²) >= 11 is 0. The van der Waals surface area contributed by atoms with Crippen molar-refractivity contribution in [2.45, 2.75) is 52.0 Å². The van der Waals surface area contributed by atoms with Crippen LogP contribution in [0, 0.1) is 5.92 Å². The van der Waals surface area contributed by atoms with Gasteiger partial charge in [0.15, 0.2) is 5.82 Å². The van der Waals surface area contributed by atoms with E-state index in [1.807, 2.05) is 13.0 Å². The molecule has 0 bridgehead atoms. The number of aliphatic carboxylic acids is 1. The van der Waals surface area contributed by atoms with Gasteiger partial charge in [-0.3, -0.25) is 4.79 Å². The van der Waals surface area contributed by atoms with E-state index in [1.54, 1.807) is 18.3 Å². The van der Waals surface area contributed by atoms with Crippen molar-refractivity contribution in [3.8, 4) is 5.75 Å². The predicted octanol–water partition coefficient (Wildman–Crippen LogP) is 4.15. The van der Waals surface area contributed by atoms with Gasteiger partial charge in [0.1, 0.15) is 11.6 Å². The zero-order valence-electron chi connectivity index (χ0n) is 18.4. The molecule has 2 aromatic heterocycles. The monoisotopic (exact) mass is 428 g/mol. The summed E-state index contributed by atoms with van der Waals surface area (Å²) < 4.78 is 5.56. The number of ether oxygens (including phenoxy) is 1. The van der Waals surface area contributed by atoms with Crippen LogP contribution in [0.4, 0.5) is 17.3 Å². The number of carbonyl (C=O) groups is 1. The summed E-state index contributed by atoms with van der Waals surface area (Å²) in [6.07, 6.45) is 5.07. The Kier molecular flexibility index (Phi) is 7.68. The van der Waals surface area contributed by atoms with E-state index in [9.17, 15) is 15.0 Å². The molecule has 31 heavy (non-hydrogen) atoms. The normalized spacial score (nSPS) is 15.6. The minimum absolute atomic E-state index is 0.0353. The highest BCUT2D eigenvalue weighted by molar-refractivity contribution is 5.73. The lowest BCUT2D eigenvalue weighted by molar-refractivity contribution is -0.137. The standard InChI is InChI=1S/C23H32N4O4/c1-15(2)14-27(18-6-8-31-9-7-18)23-20(26-21-5-4-19(28)13-24-21)11-17(12-25-23)16(3)10-22(29)30/h4-5,11-13,15-16,18,28H,6-10,14H2,1-3H3,(H,24,26)(H,29,30). The van der Waals surface area contributed by atoms with E-state index >= 15 is 0 Å². The van der Waals surface area contributed by atoms with Crippen LogP contribution in [-0.2, 0) is 9.53 Å². The van der Waals surface area contributed by atoms with Gasteiger partial charge in [0.25, 0.3) is 0 Å². The van der Waals surface area contributed by atoms with Crippen LogP contribution in [0.5, 0.6) is 5.75 Å². The lowest BCUT2D eigenvalue weighted by Gasteiger charge is -2.37. The van der Waals surface area contributed by atoms with Gasteiger partial charge in [-0.05, 0) is 48.4 Å². The molecule has 0 aliphatic carbocycles. The molecule has 1 saturated heterocycles. The molecule has 8 heteroatoms. The first-order valence-corrected chi connectivity index (χ1v) is 10.8. The quantitative estimate of drug-likeness (QED) is 0.547. The molecule has 1 atom stereocenters. The molecule has 0 radical (unpaired) electrons. The Hall–Kier alpha value is -2.87. The fourth-order valence-electron chi connectivity index (χ4n) is 3.84. The van der Waals surface area contributed by atoms with Crippen molar-refractivity contribution < 1.29 is 19.7 Å². The second kappa shape index (κ2) is 10.4. The third kappa shape index (κ3) is 6.30. The molecular formula is C23H32N4O4. The second-order valence-electron chi connectivity index (χ2n) is 8.56. The van der Waals surface area contributed by atoms with Crippen molar-refractivity contribution in [3.05, 3.63) is 36.2 Å². The van der Waals surface area contributed by atoms with Crippen LogP contribution in [0.15, 0.2) is 30.6 Å². The SMILES string of the molecule is CC(C)CN(c1ncc(C(C)CC(=O)O)cc1Nc1ccc(O)cn1)C1CCOCC1. The van der Waals surface area contributed by atoms with Crippen LogP contribution in [0.25, 0.3) is 0 Å². The molecule has 1 aliphatic rings. The third-order valence-electron chi connectivity index (χ3n) is 5.41. The van der Waals surface area contributed by atoms with Crippen molar-refractivity contribution in [2.75, 3.05) is 30.0 Å². The highest BCUT2D eigenvalue weighted by atomic mass is 16.5. The molecular weight excluding hydrogens is 396 g/mol. The molecule has 3 heterocycles. The van der Waals surface area contributed by atoms with E-state index in [-0.39, 0.29) is 18.1 Å². The van der Waals surface area contributed by atoms with Gasteiger partial charge in [-0.25, -0.2) is 9.97 Å². The molecule has 3 N–H and O–H groups in total. The van der Waals surface area contributed by atoms with Gasteiger partial charge >= 0.3 is 5.97 Å². The van der Waals surface area contributed by atoms with Gasteiger partial charge in [0.05, 0.1) is 18.3 Å². The Morgan fingerprint density at radius 2 is 1.97 bits per heavy atom. The first kappa shape index (κ1) is 22.8. The first-order chi connectivity index (χ1) is 14.8. The summed E-state index contributed by atoms with van der Waals surface area (Å²) in [6.45, 7) is 8.57. The Balaban J connectivity index is 2.00. The minimum atomic E-state index is -0.838. The van der Waals surface area contributed by atoms with Crippen molar-refractivity contribution in [3.63, 3.8) is 0 Å². The molecule has 0 saturated carbocycles. The number of hydrogen-bond acceptors (Lipinski definition) is 7. The maximum absolute atomic E-state index is 11.2. The molecule has 1 unspecified atom stereocenters. The summed E-state index contributed by atoms with van der Waals surface area (Å²) in [4.78, 5) is 22.6. The number of carboxylic acids is 1. The minimum Gasteiger partial charge on any atom is -0.506 e. The summed E-state index contributed by atoms with van der Waals surface area (Å²) in [5.74, 6) is 0.928. The number of carboxylic acid groups (broad SMARTS) is 1. The van der Waals surface area contributed by atoms with Gasteiger partial charge in [-0.15, -0.1) is 0 Å². The highest BCUT2D eigenvalue weighted by Crippen LogP contribution is 2.34. The van der Waals surface area contributed by atoms with Crippen LogP contribution in [-0.4, -0.2) is 52.0 Å². The Morgan fingerprint density at radius 1 is 1.23 bits per heavy atom. The zero-order valence-corrected chi connectivity index (χ0v) is 18.4. The topological polar surface area (TPSA) is 108 Å². The van der Waals surface area contributed by atoms with E-state index < -0.39 is 5.97 Å². The van der Waals surface area contributed by atoms with Gasteiger partial charge in [0.2, 0.25) is 0 Å². The summed E-state index contributed by atoms with van der Waals surface area (Å²) in [7, 11) is 0. The van der Waals surface area contributed by atoms with E-state index in [0.717, 1.165) is 49.7 Å². The lowest BCUT2D eigenvalue weighted by atomic mass is 9.98. The largest absolute Gasteiger partial charge is 0.506 e. The number of aromatic hydroxyl groups is 1. The van der Waals surface area contributed by atoms with Gasteiger partial charge in [0, 0.05) is 32.0 Å². The molecule has 168 valence electrons. The molecule has 1 aliphatic heterocycles. The number of anilines is 3. The molecule has 0 spiro atoms. The number of pyridine rings is 2. The lowest BCUT2D eigenvalue weighted by Crippen LogP contribution is -2.42. The number of nitrogens with zero attached hydrogens (tertiary/aromatic N) is 3. The summed E-state index contributed by atoms with van der Waals surface area (Å²) in [5, 5.41) is 22.1. The van der Waals surface area contributed by atoms with Gasteiger partial charge in [-0.2, -0.15) is 0 Å².